The van der Waals surface area contributed by atoms with E-state index in [9.17, 15) is 22.8 Å². The molecule has 1 fully saturated rings. The lowest BCUT2D eigenvalue weighted by atomic mass is 9.90. The lowest BCUT2D eigenvalue weighted by Crippen LogP contribution is -2.63. The van der Waals surface area contributed by atoms with Crippen LogP contribution in [0.1, 0.15) is 24.0 Å². The Labute approximate surface area is 202 Å². The van der Waals surface area contributed by atoms with Crippen LogP contribution >= 0.6 is 0 Å². The summed E-state index contributed by atoms with van der Waals surface area (Å²) in [6.45, 7) is 2.66. The number of ether oxygens (including phenoxy) is 1. The summed E-state index contributed by atoms with van der Waals surface area (Å²) in [5.41, 5.74) is 12.8. The van der Waals surface area contributed by atoms with Crippen LogP contribution < -0.4 is 11.5 Å². The average Bonchev–Trinajstić information content (AvgIpc) is 2.80. The highest BCUT2D eigenvalue weighted by Crippen LogP contribution is 2.28. The third-order valence-electron chi connectivity index (χ3n) is 6.45. The maximum atomic E-state index is 14.4. The van der Waals surface area contributed by atoms with Gasteiger partial charge in [0.2, 0.25) is 11.8 Å². The molecule has 2 amide bonds. The summed E-state index contributed by atoms with van der Waals surface area (Å²) in [6, 6.07) is 6.88. The topological polar surface area (TPSA) is 102 Å². The maximum Gasteiger partial charge on any atom is 0.240 e. The molecule has 3 rings (SSSR count). The zero-order chi connectivity index (χ0) is 25.7. The predicted octanol–water partition coefficient (Wildman–Crippen LogP) is 1.79. The van der Waals surface area contributed by atoms with Crippen molar-refractivity contribution in [3.8, 4) is 0 Å². The van der Waals surface area contributed by atoms with Gasteiger partial charge in [0.1, 0.15) is 17.5 Å². The Balaban J connectivity index is 1.75. The van der Waals surface area contributed by atoms with Gasteiger partial charge < -0.3 is 21.1 Å². The van der Waals surface area contributed by atoms with Crippen molar-refractivity contribution in [1.29, 1.82) is 0 Å². The van der Waals surface area contributed by atoms with Crippen LogP contribution in [0, 0.1) is 17.5 Å². The van der Waals surface area contributed by atoms with Crippen LogP contribution in [0.4, 0.5) is 13.2 Å². The van der Waals surface area contributed by atoms with E-state index in [1.54, 1.807) is 28.9 Å². The summed E-state index contributed by atoms with van der Waals surface area (Å²) >= 11 is 0. The molecule has 0 aliphatic carbocycles. The molecule has 35 heavy (non-hydrogen) atoms. The highest BCUT2D eigenvalue weighted by molar-refractivity contribution is 5.83. The third-order valence-corrected chi connectivity index (χ3v) is 6.45. The SMILES string of the molecule is COCC1CN(C(C(N)=O)C(C)c2ccc(F)cc2F)CCN1C(=O)C(N)Cc1ccc(F)cc1. The van der Waals surface area contributed by atoms with Gasteiger partial charge in [0.15, 0.2) is 0 Å². The van der Waals surface area contributed by atoms with Crippen LogP contribution in [0.15, 0.2) is 42.5 Å². The van der Waals surface area contributed by atoms with Crippen molar-refractivity contribution in [1.82, 2.24) is 9.80 Å². The summed E-state index contributed by atoms with van der Waals surface area (Å²) in [4.78, 5) is 29.0. The fourth-order valence-electron chi connectivity index (χ4n) is 4.72. The Morgan fingerprint density at radius 1 is 1.09 bits per heavy atom. The summed E-state index contributed by atoms with van der Waals surface area (Å²) in [6.07, 6.45) is 0.240. The van der Waals surface area contributed by atoms with Crippen molar-refractivity contribution < 1.29 is 27.5 Å². The van der Waals surface area contributed by atoms with Gasteiger partial charge in [-0.1, -0.05) is 25.1 Å². The lowest BCUT2D eigenvalue weighted by molar-refractivity contribution is -0.141. The first-order valence-electron chi connectivity index (χ1n) is 11.4. The first-order chi connectivity index (χ1) is 16.6. The smallest absolute Gasteiger partial charge is 0.240 e. The van der Waals surface area contributed by atoms with Gasteiger partial charge in [0, 0.05) is 38.7 Å². The number of carbonyl (C=O) groups is 2. The van der Waals surface area contributed by atoms with Crippen LogP contribution in [-0.4, -0.2) is 73.1 Å². The first kappa shape index (κ1) is 26.7. The van der Waals surface area contributed by atoms with Gasteiger partial charge in [-0.25, -0.2) is 13.2 Å². The molecular weight excluding hydrogens is 461 g/mol. The molecule has 4 unspecified atom stereocenters. The molecule has 4 atom stereocenters. The van der Waals surface area contributed by atoms with E-state index in [1.165, 1.54) is 25.3 Å². The van der Waals surface area contributed by atoms with Crippen LogP contribution in [0.2, 0.25) is 0 Å². The van der Waals surface area contributed by atoms with E-state index in [0.29, 0.717) is 6.54 Å². The fraction of sp³-hybridized carbons (Fsp3) is 0.440. The largest absolute Gasteiger partial charge is 0.382 e. The van der Waals surface area contributed by atoms with E-state index in [-0.39, 0.29) is 43.4 Å². The van der Waals surface area contributed by atoms with Gasteiger partial charge >= 0.3 is 0 Å². The molecule has 0 radical (unpaired) electrons. The molecular formula is C25H31F3N4O3. The highest BCUT2D eigenvalue weighted by Gasteiger charge is 2.39. The molecule has 190 valence electrons. The molecule has 1 aliphatic heterocycles. The zero-order valence-electron chi connectivity index (χ0n) is 19.8. The van der Waals surface area contributed by atoms with Crippen molar-refractivity contribution in [2.24, 2.45) is 11.5 Å². The number of halogens is 3. The number of rotatable bonds is 9. The van der Waals surface area contributed by atoms with Crippen LogP contribution in [0.5, 0.6) is 0 Å². The number of methoxy groups -OCH3 is 1. The van der Waals surface area contributed by atoms with E-state index in [4.69, 9.17) is 16.2 Å². The average molecular weight is 493 g/mol. The van der Waals surface area contributed by atoms with E-state index in [0.717, 1.165) is 17.7 Å². The van der Waals surface area contributed by atoms with E-state index < -0.39 is 41.6 Å². The zero-order valence-corrected chi connectivity index (χ0v) is 19.8. The fourth-order valence-corrected chi connectivity index (χ4v) is 4.72. The minimum atomic E-state index is -0.876. The van der Waals surface area contributed by atoms with E-state index >= 15 is 0 Å². The predicted molar refractivity (Wildman–Crippen MR) is 125 cm³/mol. The molecule has 7 nitrogen and oxygen atoms in total. The molecule has 1 saturated heterocycles. The molecule has 1 heterocycles. The van der Waals surface area contributed by atoms with Crippen molar-refractivity contribution in [2.45, 2.75) is 37.4 Å². The van der Waals surface area contributed by atoms with E-state index in [2.05, 4.69) is 0 Å². The molecule has 0 saturated carbocycles. The van der Waals surface area contributed by atoms with Crippen molar-refractivity contribution >= 4 is 11.8 Å². The highest BCUT2D eigenvalue weighted by atomic mass is 19.1. The quantitative estimate of drug-likeness (QED) is 0.556. The Morgan fingerprint density at radius 2 is 1.74 bits per heavy atom. The van der Waals surface area contributed by atoms with Crippen LogP contribution in [-0.2, 0) is 20.7 Å². The summed E-state index contributed by atoms with van der Waals surface area (Å²) in [5.74, 6) is -3.42. The number of benzene rings is 2. The molecule has 10 heteroatoms. The second-order valence-electron chi connectivity index (χ2n) is 8.87. The molecule has 0 spiro atoms. The number of carbonyl (C=O) groups excluding carboxylic acids is 2. The van der Waals surface area contributed by atoms with Crippen molar-refractivity contribution in [3.63, 3.8) is 0 Å². The molecule has 0 aromatic heterocycles. The normalized spacial score (nSPS) is 19.3. The summed E-state index contributed by atoms with van der Waals surface area (Å²) < 4.78 is 46.3. The second kappa shape index (κ2) is 11.7. The third kappa shape index (κ3) is 6.39. The van der Waals surface area contributed by atoms with Gasteiger partial charge in [-0.3, -0.25) is 14.5 Å². The van der Waals surface area contributed by atoms with Gasteiger partial charge in [0.25, 0.3) is 0 Å². The molecule has 4 N–H and O–H groups in total. The first-order valence-corrected chi connectivity index (χ1v) is 11.4. The molecule has 2 aromatic carbocycles. The van der Waals surface area contributed by atoms with Gasteiger partial charge in [0.05, 0.1) is 24.7 Å². The number of primary amides is 1. The van der Waals surface area contributed by atoms with Gasteiger partial charge in [-0.05, 0) is 35.7 Å². The summed E-state index contributed by atoms with van der Waals surface area (Å²) in [5, 5.41) is 0. The molecule has 1 aliphatic rings. The Bertz CT molecular complexity index is 1040. The Morgan fingerprint density at radius 3 is 2.34 bits per heavy atom. The number of amides is 2. The number of nitrogens with two attached hydrogens (primary N) is 2. The number of hydrogen-bond donors (Lipinski definition) is 2. The van der Waals surface area contributed by atoms with Crippen molar-refractivity contribution in [2.75, 3.05) is 33.4 Å². The molecule has 2 aromatic rings. The summed E-state index contributed by atoms with van der Waals surface area (Å²) in [7, 11) is 1.50. The number of hydrogen-bond acceptors (Lipinski definition) is 5. The molecule has 0 bridgehead atoms. The Hall–Kier alpha value is -2.95. The van der Waals surface area contributed by atoms with Crippen LogP contribution in [0.3, 0.4) is 0 Å². The minimum Gasteiger partial charge on any atom is -0.382 e. The number of piperazine rings is 1. The minimum absolute atomic E-state index is 0.179. The van der Waals surface area contributed by atoms with Gasteiger partial charge in [-0.2, -0.15) is 0 Å². The number of nitrogens with zero attached hydrogens (tertiary/aromatic N) is 2. The second-order valence-corrected chi connectivity index (χ2v) is 8.87. The standard InChI is InChI=1S/C25H31F3N4O3/c1-15(20-8-7-18(27)12-21(20)28)23(24(30)33)31-9-10-32(19(13-31)14-35-2)25(34)22(29)11-16-3-5-17(26)6-4-16/h3-8,12,15,19,22-23H,9-11,13-14,29H2,1-2H3,(H2,30,33). The Kier molecular flexibility index (Phi) is 8.87. The monoisotopic (exact) mass is 492 g/mol. The van der Waals surface area contributed by atoms with Crippen molar-refractivity contribution in [3.05, 3.63) is 71.0 Å². The van der Waals surface area contributed by atoms with E-state index in [1.807, 2.05) is 0 Å². The lowest BCUT2D eigenvalue weighted by Gasteiger charge is -2.45. The van der Waals surface area contributed by atoms with Gasteiger partial charge in [-0.15, -0.1) is 0 Å². The maximum absolute atomic E-state index is 14.4. The van der Waals surface area contributed by atoms with Crippen LogP contribution in [0.25, 0.3) is 0 Å².